The SMILES string of the molecule is Cc1nc(C(=O)N2c3ccccc3C[C@@H]2C)nn1-c1ccc(F)cc1. The average Bonchev–Trinajstić information content (AvgIpc) is 3.14. The number of nitrogens with zero attached hydrogens (tertiary/aromatic N) is 4. The molecule has 1 aliphatic rings. The molecule has 25 heavy (non-hydrogen) atoms. The molecule has 5 nitrogen and oxygen atoms in total. The zero-order valence-corrected chi connectivity index (χ0v) is 14.0. The highest BCUT2D eigenvalue weighted by Gasteiger charge is 2.33. The second-order valence-electron chi connectivity index (χ2n) is 6.23. The molecule has 1 aliphatic heterocycles. The van der Waals surface area contributed by atoms with Crippen molar-refractivity contribution in [2.45, 2.75) is 26.3 Å². The number of benzene rings is 2. The van der Waals surface area contributed by atoms with Gasteiger partial charge in [-0.2, -0.15) is 0 Å². The second-order valence-corrected chi connectivity index (χ2v) is 6.23. The Hall–Kier alpha value is -3.02. The molecule has 0 unspecified atom stereocenters. The van der Waals surface area contributed by atoms with Crippen LogP contribution in [0.5, 0.6) is 0 Å². The number of anilines is 1. The van der Waals surface area contributed by atoms with Crippen LogP contribution in [-0.2, 0) is 6.42 Å². The standard InChI is InChI=1S/C19H17FN4O/c1-12-11-14-5-3-4-6-17(14)23(12)19(25)18-21-13(2)24(22-18)16-9-7-15(20)8-10-16/h3-10,12H,11H2,1-2H3/t12-/m0/s1. The molecule has 0 bridgehead atoms. The zero-order chi connectivity index (χ0) is 17.6. The zero-order valence-electron chi connectivity index (χ0n) is 14.0. The van der Waals surface area contributed by atoms with Gasteiger partial charge in [0.1, 0.15) is 11.6 Å². The summed E-state index contributed by atoms with van der Waals surface area (Å²) in [6.45, 7) is 3.79. The van der Waals surface area contributed by atoms with Crippen LogP contribution >= 0.6 is 0 Å². The lowest BCUT2D eigenvalue weighted by atomic mass is 10.1. The van der Waals surface area contributed by atoms with Crippen LogP contribution in [0.3, 0.4) is 0 Å². The van der Waals surface area contributed by atoms with Gasteiger partial charge in [0.15, 0.2) is 0 Å². The van der Waals surface area contributed by atoms with Gasteiger partial charge in [-0.05, 0) is 56.2 Å². The van der Waals surface area contributed by atoms with Crippen molar-refractivity contribution in [3.05, 3.63) is 71.6 Å². The summed E-state index contributed by atoms with van der Waals surface area (Å²) in [6.07, 6.45) is 0.819. The second kappa shape index (κ2) is 5.81. The molecule has 0 radical (unpaired) electrons. The molecule has 3 aromatic rings. The first kappa shape index (κ1) is 15.5. The molecule has 4 rings (SSSR count). The van der Waals surface area contributed by atoms with Crippen LogP contribution in [0.4, 0.5) is 10.1 Å². The normalized spacial score (nSPS) is 16.1. The third-order valence-corrected chi connectivity index (χ3v) is 4.46. The fourth-order valence-corrected chi connectivity index (χ4v) is 3.29. The molecule has 1 atom stereocenters. The van der Waals surface area contributed by atoms with Gasteiger partial charge in [0.2, 0.25) is 5.82 Å². The van der Waals surface area contributed by atoms with Crippen molar-refractivity contribution < 1.29 is 9.18 Å². The Kier molecular flexibility index (Phi) is 3.60. The van der Waals surface area contributed by atoms with Gasteiger partial charge in [-0.3, -0.25) is 4.79 Å². The molecule has 0 spiro atoms. The van der Waals surface area contributed by atoms with Gasteiger partial charge in [0, 0.05) is 11.7 Å². The Morgan fingerprint density at radius 2 is 1.88 bits per heavy atom. The first-order chi connectivity index (χ1) is 12.0. The van der Waals surface area contributed by atoms with Crippen molar-refractivity contribution in [2.75, 3.05) is 4.90 Å². The number of carbonyl (C=O) groups is 1. The molecular weight excluding hydrogens is 319 g/mol. The maximum atomic E-state index is 13.1. The van der Waals surface area contributed by atoms with Gasteiger partial charge in [0.05, 0.1) is 5.69 Å². The van der Waals surface area contributed by atoms with Gasteiger partial charge >= 0.3 is 0 Å². The Morgan fingerprint density at radius 1 is 1.16 bits per heavy atom. The summed E-state index contributed by atoms with van der Waals surface area (Å²) in [7, 11) is 0. The molecule has 2 aromatic carbocycles. The van der Waals surface area contributed by atoms with E-state index >= 15 is 0 Å². The smallest absolute Gasteiger partial charge is 0.298 e. The average molecular weight is 336 g/mol. The van der Waals surface area contributed by atoms with Crippen molar-refractivity contribution in [3.8, 4) is 5.69 Å². The number of aromatic nitrogens is 3. The fraction of sp³-hybridized carbons (Fsp3) is 0.211. The minimum Gasteiger partial charge on any atom is -0.302 e. The number of rotatable bonds is 2. The maximum absolute atomic E-state index is 13.1. The minimum absolute atomic E-state index is 0.0583. The van der Waals surface area contributed by atoms with Gasteiger partial charge in [-0.15, -0.1) is 5.10 Å². The molecule has 0 N–H and O–H groups in total. The third-order valence-electron chi connectivity index (χ3n) is 4.46. The van der Waals surface area contributed by atoms with Crippen LogP contribution in [0.15, 0.2) is 48.5 Å². The summed E-state index contributed by atoms with van der Waals surface area (Å²) < 4.78 is 14.7. The highest BCUT2D eigenvalue weighted by Crippen LogP contribution is 2.32. The van der Waals surface area contributed by atoms with Gasteiger partial charge in [0.25, 0.3) is 5.91 Å². The number of hydrogen-bond acceptors (Lipinski definition) is 3. The largest absolute Gasteiger partial charge is 0.302 e. The highest BCUT2D eigenvalue weighted by atomic mass is 19.1. The fourth-order valence-electron chi connectivity index (χ4n) is 3.29. The first-order valence-corrected chi connectivity index (χ1v) is 8.15. The Morgan fingerprint density at radius 3 is 2.64 bits per heavy atom. The van der Waals surface area contributed by atoms with Crippen LogP contribution in [0.2, 0.25) is 0 Å². The lowest BCUT2D eigenvalue weighted by Gasteiger charge is -2.20. The third kappa shape index (κ3) is 2.59. The molecule has 1 aromatic heterocycles. The number of fused-ring (bicyclic) bond motifs is 1. The Balaban J connectivity index is 1.70. The van der Waals surface area contributed by atoms with Gasteiger partial charge in [-0.25, -0.2) is 14.1 Å². The summed E-state index contributed by atoms with van der Waals surface area (Å²) in [5, 5.41) is 4.35. The molecule has 126 valence electrons. The Labute approximate surface area is 144 Å². The van der Waals surface area contributed by atoms with Gasteiger partial charge < -0.3 is 4.90 Å². The van der Waals surface area contributed by atoms with E-state index in [0.717, 1.165) is 17.7 Å². The maximum Gasteiger partial charge on any atom is 0.298 e. The molecular formula is C19H17FN4O. The molecule has 0 saturated carbocycles. The van der Waals surface area contributed by atoms with Crippen molar-refractivity contribution >= 4 is 11.6 Å². The van der Waals surface area contributed by atoms with E-state index in [-0.39, 0.29) is 23.6 Å². The first-order valence-electron chi connectivity index (χ1n) is 8.15. The van der Waals surface area contributed by atoms with Crippen LogP contribution in [-0.4, -0.2) is 26.7 Å². The van der Waals surface area contributed by atoms with E-state index in [4.69, 9.17) is 0 Å². The molecule has 2 heterocycles. The summed E-state index contributed by atoms with van der Waals surface area (Å²) in [5.41, 5.74) is 2.73. The summed E-state index contributed by atoms with van der Waals surface area (Å²) in [5.74, 6) is 0.183. The van der Waals surface area contributed by atoms with Crippen molar-refractivity contribution in [1.29, 1.82) is 0 Å². The van der Waals surface area contributed by atoms with E-state index in [2.05, 4.69) is 10.1 Å². The molecule has 0 aliphatic carbocycles. The predicted octanol–water partition coefficient (Wildman–Crippen LogP) is 3.31. The summed E-state index contributed by atoms with van der Waals surface area (Å²) in [6, 6.07) is 13.9. The van der Waals surface area contributed by atoms with Crippen LogP contribution in [0.25, 0.3) is 5.69 Å². The topological polar surface area (TPSA) is 51.0 Å². The monoisotopic (exact) mass is 336 g/mol. The molecule has 1 amide bonds. The Bertz CT molecular complexity index is 948. The number of aryl methyl sites for hydroxylation is 1. The molecule has 0 fully saturated rings. The number of amides is 1. The lowest BCUT2D eigenvalue weighted by Crippen LogP contribution is -2.36. The number of halogens is 1. The van der Waals surface area contributed by atoms with Crippen molar-refractivity contribution in [1.82, 2.24) is 14.8 Å². The van der Waals surface area contributed by atoms with E-state index in [1.807, 2.05) is 31.2 Å². The summed E-state index contributed by atoms with van der Waals surface area (Å²) >= 11 is 0. The highest BCUT2D eigenvalue weighted by molar-refractivity contribution is 6.05. The van der Waals surface area contributed by atoms with E-state index in [9.17, 15) is 9.18 Å². The minimum atomic E-state index is -0.319. The van der Waals surface area contributed by atoms with Crippen molar-refractivity contribution in [2.24, 2.45) is 0 Å². The number of carbonyl (C=O) groups excluding carboxylic acids is 1. The number of para-hydroxylation sites is 1. The van der Waals surface area contributed by atoms with E-state index in [1.165, 1.54) is 12.1 Å². The van der Waals surface area contributed by atoms with E-state index in [0.29, 0.717) is 11.5 Å². The number of hydrogen-bond donors (Lipinski definition) is 0. The van der Waals surface area contributed by atoms with E-state index < -0.39 is 0 Å². The molecule has 0 saturated heterocycles. The molecule has 6 heteroatoms. The quantitative estimate of drug-likeness (QED) is 0.721. The van der Waals surface area contributed by atoms with Gasteiger partial charge in [-0.1, -0.05) is 18.2 Å². The van der Waals surface area contributed by atoms with Crippen LogP contribution in [0.1, 0.15) is 28.9 Å². The van der Waals surface area contributed by atoms with Crippen molar-refractivity contribution in [3.63, 3.8) is 0 Å². The summed E-state index contributed by atoms with van der Waals surface area (Å²) in [4.78, 5) is 19.1. The predicted molar refractivity (Wildman–Crippen MR) is 92.5 cm³/mol. The lowest BCUT2D eigenvalue weighted by molar-refractivity contribution is 0.0971. The van der Waals surface area contributed by atoms with Crippen LogP contribution in [0, 0.1) is 12.7 Å². The van der Waals surface area contributed by atoms with Crippen LogP contribution < -0.4 is 4.90 Å². The van der Waals surface area contributed by atoms with E-state index in [1.54, 1.807) is 28.6 Å².